The summed E-state index contributed by atoms with van der Waals surface area (Å²) in [5.74, 6) is 1.42. The van der Waals surface area contributed by atoms with E-state index >= 15 is 0 Å². The summed E-state index contributed by atoms with van der Waals surface area (Å²) in [6.45, 7) is 9.41. The average molecular weight is 281 g/mol. The molecule has 0 bridgehead atoms. The Balaban J connectivity index is 1.93. The first-order valence-corrected chi connectivity index (χ1v) is 7.35. The standard InChI is InChI=1S/C19H23NO/c1-4-12-21-19-10-8-16(9-11-19)14-20-18-7-5-6-17(13-18)15(2)3/h4-11,13,15,20H,1,12,14H2,2-3H3. The Bertz CT molecular complexity index is 572. The molecule has 0 atom stereocenters. The smallest absolute Gasteiger partial charge is 0.119 e. The Morgan fingerprint density at radius 2 is 1.90 bits per heavy atom. The SMILES string of the molecule is C=CCOc1ccc(CNc2cccc(C(C)C)c2)cc1. The maximum Gasteiger partial charge on any atom is 0.119 e. The van der Waals surface area contributed by atoms with Crippen LogP contribution in [0, 0.1) is 0 Å². The number of hydrogen-bond donors (Lipinski definition) is 1. The lowest BCUT2D eigenvalue weighted by molar-refractivity contribution is 0.363. The van der Waals surface area contributed by atoms with Gasteiger partial charge in [0.05, 0.1) is 0 Å². The average Bonchev–Trinajstić information content (AvgIpc) is 2.52. The van der Waals surface area contributed by atoms with E-state index in [1.807, 2.05) is 12.1 Å². The molecule has 0 aromatic heterocycles. The lowest BCUT2D eigenvalue weighted by atomic mass is 10.0. The van der Waals surface area contributed by atoms with Gasteiger partial charge in [-0.3, -0.25) is 0 Å². The van der Waals surface area contributed by atoms with Crippen molar-refractivity contribution in [1.29, 1.82) is 0 Å². The first kappa shape index (κ1) is 15.2. The van der Waals surface area contributed by atoms with Crippen LogP contribution in [0.1, 0.15) is 30.9 Å². The van der Waals surface area contributed by atoms with E-state index in [9.17, 15) is 0 Å². The van der Waals surface area contributed by atoms with Gasteiger partial charge in [0.1, 0.15) is 12.4 Å². The number of rotatable bonds is 7. The highest BCUT2D eigenvalue weighted by Crippen LogP contribution is 2.19. The van der Waals surface area contributed by atoms with Gasteiger partial charge in [-0.1, -0.05) is 50.8 Å². The minimum Gasteiger partial charge on any atom is -0.490 e. The fourth-order valence-corrected chi connectivity index (χ4v) is 2.07. The molecule has 110 valence electrons. The molecule has 2 nitrogen and oxygen atoms in total. The quantitative estimate of drug-likeness (QED) is 0.722. The predicted octanol–water partition coefficient (Wildman–Crippen LogP) is 4.99. The van der Waals surface area contributed by atoms with E-state index < -0.39 is 0 Å². The molecule has 0 radical (unpaired) electrons. The molecular weight excluding hydrogens is 258 g/mol. The molecule has 2 aromatic carbocycles. The van der Waals surface area contributed by atoms with Crippen LogP contribution in [0.3, 0.4) is 0 Å². The van der Waals surface area contributed by atoms with E-state index in [1.54, 1.807) is 6.08 Å². The fraction of sp³-hybridized carbons (Fsp3) is 0.263. The molecule has 2 heteroatoms. The first-order valence-electron chi connectivity index (χ1n) is 7.35. The number of hydrogen-bond acceptors (Lipinski definition) is 2. The van der Waals surface area contributed by atoms with Crippen LogP contribution in [0.15, 0.2) is 61.2 Å². The molecule has 2 rings (SSSR count). The molecule has 2 aromatic rings. The van der Waals surface area contributed by atoms with Gasteiger partial charge in [0.2, 0.25) is 0 Å². The summed E-state index contributed by atoms with van der Waals surface area (Å²) in [6, 6.07) is 16.7. The topological polar surface area (TPSA) is 21.3 Å². The zero-order valence-electron chi connectivity index (χ0n) is 12.8. The lowest BCUT2D eigenvalue weighted by Gasteiger charge is -2.11. The minimum atomic E-state index is 0.541. The minimum absolute atomic E-state index is 0.541. The van der Waals surface area contributed by atoms with E-state index in [4.69, 9.17) is 4.74 Å². The molecule has 0 saturated heterocycles. The van der Waals surface area contributed by atoms with Crippen molar-refractivity contribution in [1.82, 2.24) is 0 Å². The van der Waals surface area contributed by atoms with Crippen molar-refractivity contribution in [2.24, 2.45) is 0 Å². The molecule has 0 aliphatic rings. The predicted molar refractivity (Wildman–Crippen MR) is 90.0 cm³/mol. The molecule has 0 saturated carbocycles. The van der Waals surface area contributed by atoms with Crippen LogP contribution in [0.25, 0.3) is 0 Å². The highest BCUT2D eigenvalue weighted by molar-refractivity contribution is 5.47. The van der Waals surface area contributed by atoms with Crippen molar-refractivity contribution in [3.05, 3.63) is 72.3 Å². The Hall–Kier alpha value is -2.22. The number of benzene rings is 2. The second-order valence-corrected chi connectivity index (χ2v) is 5.38. The van der Waals surface area contributed by atoms with Crippen LogP contribution in [-0.4, -0.2) is 6.61 Å². The van der Waals surface area contributed by atoms with Gasteiger partial charge in [-0.15, -0.1) is 0 Å². The summed E-state index contributed by atoms with van der Waals surface area (Å²) >= 11 is 0. The lowest BCUT2D eigenvalue weighted by Crippen LogP contribution is -2.00. The Morgan fingerprint density at radius 3 is 2.57 bits per heavy atom. The fourth-order valence-electron chi connectivity index (χ4n) is 2.07. The third-order valence-corrected chi connectivity index (χ3v) is 3.34. The summed E-state index contributed by atoms with van der Waals surface area (Å²) in [5, 5.41) is 3.46. The molecule has 0 spiro atoms. The van der Waals surface area contributed by atoms with Gasteiger partial charge in [0, 0.05) is 12.2 Å². The summed E-state index contributed by atoms with van der Waals surface area (Å²) in [4.78, 5) is 0. The van der Waals surface area contributed by atoms with E-state index in [1.165, 1.54) is 11.1 Å². The number of nitrogens with one attached hydrogen (secondary N) is 1. The molecule has 1 N–H and O–H groups in total. The van der Waals surface area contributed by atoms with E-state index in [-0.39, 0.29) is 0 Å². The number of anilines is 1. The van der Waals surface area contributed by atoms with Crippen molar-refractivity contribution in [2.75, 3.05) is 11.9 Å². The van der Waals surface area contributed by atoms with Gasteiger partial charge in [-0.25, -0.2) is 0 Å². The van der Waals surface area contributed by atoms with E-state index in [2.05, 4.69) is 62.1 Å². The normalized spacial score (nSPS) is 10.4. The van der Waals surface area contributed by atoms with Crippen LogP contribution >= 0.6 is 0 Å². The highest BCUT2D eigenvalue weighted by atomic mass is 16.5. The van der Waals surface area contributed by atoms with Crippen molar-refractivity contribution in [2.45, 2.75) is 26.3 Å². The van der Waals surface area contributed by atoms with Gasteiger partial charge in [-0.2, -0.15) is 0 Å². The Morgan fingerprint density at radius 1 is 1.14 bits per heavy atom. The molecule has 0 amide bonds. The van der Waals surface area contributed by atoms with Crippen LogP contribution in [0.2, 0.25) is 0 Å². The van der Waals surface area contributed by atoms with E-state index in [0.29, 0.717) is 12.5 Å². The maximum atomic E-state index is 5.48. The van der Waals surface area contributed by atoms with Gasteiger partial charge >= 0.3 is 0 Å². The molecule has 0 heterocycles. The largest absolute Gasteiger partial charge is 0.490 e. The maximum absolute atomic E-state index is 5.48. The molecule has 21 heavy (non-hydrogen) atoms. The van der Waals surface area contributed by atoms with Crippen molar-refractivity contribution >= 4 is 5.69 Å². The van der Waals surface area contributed by atoms with Crippen molar-refractivity contribution in [3.63, 3.8) is 0 Å². The van der Waals surface area contributed by atoms with Crippen molar-refractivity contribution in [3.8, 4) is 5.75 Å². The second-order valence-electron chi connectivity index (χ2n) is 5.38. The second kappa shape index (κ2) is 7.53. The summed E-state index contributed by atoms with van der Waals surface area (Å²) < 4.78 is 5.48. The summed E-state index contributed by atoms with van der Waals surface area (Å²) in [6.07, 6.45) is 1.75. The molecule has 0 unspecified atom stereocenters. The zero-order chi connectivity index (χ0) is 15.1. The highest BCUT2D eigenvalue weighted by Gasteiger charge is 2.00. The summed E-state index contributed by atoms with van der Waals surface area (Å²) in [7, 11) is 0. The number of ether oxygens (including phenoxy) is 1. The third-order valence-electron chi connectivity index (χ3n) is 3.34. The first-order chi connectivity index (χ1) is 10.2. The van der Waals surface area contributed by atoms with E-state index in [0.717, 1.165) is 18.0 Å². The van der Waals surface area contributed by atoms with Crippen molar-refractivity contribution < 1.29 is 4.74 Å². The molecule has 0 aliphatic carbocycles. The zero-order valence-corrected chi connectivity index (χ0v) is 12.8. The van der Waals surface area contributed by atoms with Crippen LogP contribution in [-0.2, 0) is 6.54 Å². The van der Waals surface area contributed by atoms with Gasteiger partial charge < -0.3 is 10.1 Å². The van der Waals surface area contributed by atoms with Gasteiger partial charge in [-0.05, 0) is 41.3 Å². The van der Waals surface area contributed by atoms with Crippen LogP contribution in [0.5, 0.6) is 5.75 Å². The Labute approximate surface area is 127 Å². The van der Waals surface area contributed by atoms with Gasteiger partial charge in [0.25, 0.3) is 0 Å². The summed E-state index contributed by atoms with van der Waals surface area (Å²) in [5.41, 5.74) is 3.75. The molecule has 0 aliphatic heterocycles. The Kier molecular flexibility index (Phi) is 5.44. The molecular formula is C19H23NO. The molecule has 0 fully saturated rings. The van der Waals surface area contributed by atoms with Crippen LogP contribution < -0.4 is 10.1 Å². The monoisotopic (exact) mass is 281 g/mol. The van der Waals surface area contributed by atoms with Gasteiger partial charge in [0.15, 0.2) is 0 Å². The van der Waals surface area contributed by atoms with Crippen LogP contribution in [0.4, 0.5) is 5.69 Å². The third kappa shape index (κ3) is 4.67.